The van der Waals surface area contributed by atoms with Crippen molar-refractivity contribution in [2.75, 3.05) is 13.6 Å². The maximum absolute atomic E-state index is 13.0. The number of carbonyl (C=O) groups is 4. The van der Waals surface area contributed by atoms with Gasteiger partial charge in [0.25, 0.3) is 5.91 Å². The molecule has 1 unspecified atom stereocenters. The third kappa shape index (κ3) is 11.7. The second-order valence-corrected chi connectivity index (χ2v) is 8.96. The summed E-state index contributed by atoms with van der Waals surface area (Å²) in [4.78, 5) is 46.5. The molecule has 0 aliphatic carbocycles. The van der Waals surface area contributed by atoms with Crippen LogP contribution >= 0.6 is 15.9 Å². The fourth-order valence-corrected chi connectivity index (χ4v) is 3.50. The van der Waals surface area contributed by atoms with E-state index >= 15 is 0 Å². The van der Waals surface area contributed by atoms with Gasteiger partial charge in [0.15, 0.2) is 0 Å². The number of halogens is 7. The number of likely N-dealkylation sites (N-methyl/N-ethyl adjacent to an activating group) is 1. The Morgan fingerprint density at radius 2 is 1.07 bits per heavy atom. The van der Waals surface area contributed by atoms with Gasteiger partial charge in [0.2, 0.25) is 17.3 Å². The van der Waals surface area contributed by atoms with Gasteiger partial charge in [0.05, 0.1) is 6.04 Å². The number of nitrogens with two attached hydrogens (primary N) is 1. The number of nitrogens with zero attached hydrogens (tertiary/aromatic N) is 1. The van der Waals surface area contributed by atoms with Gasteiger partial charge < -0.3 is 13.5 Å². The molecule has 1 aliphatic rings. The number of carbonyl (C=O) groups excluding carboxylic acids is 4. The van der Waals surface area contributed by atoms with Crippen molar-refractivity contribution < 1.29 is 48.4 Å². The van der Waals surface area contributed by atoms with Crippen molar-refractivity contribution in [3.63, 3.8) is 0 Å². The average Bonchev–Trinajstić information content (AvgIpc) is 2.83. The van der Waals surface area contributed by atoms with E-state index in [0.717, 1.165) is 6.07 Å². The molecule has 1 atom stereocenters. The van der Waals surface area contributed by atoms with Crippen LogP contribution < -0.4 is 5.73 Å². The number of amides is 1. The van der Waals surface area contributed by atoms with Gasteiger partial charge in [-0.25, -0.2) is 26.3 Å². The zero-order valence-corrected chi connectivity index (χ0v) is 23.7. The third-order valence-electron chi connectivity index (χ3n) is 4.95. The van der Waals surface area contributed by atoms with Gasteiger partial charge in [0.1, 0.15) is 34.9 Å². The summed E-state index contributed by atoms with van der Waals surface area (Å²) in [5.41, 5.74) is 4.27. The summed E-state index contributed by atoms with van der Waals surface area (Å²) in [5.74, 6) is -8.71. The first-order chi connectivity index (χ1) is 18.2. The Labute approximate surface area is 259 Å². The number of piperidine rings is 1. The Hall–Kier alpha value is -3.07. The molecule has 1 aliphatic heterocycles. The van der Waals surface area contributed by atoms with E-state index in [-0.39, 0.29) is 33.3 Å². The van der Waals surface area contributed by atoms with Gasteiger partial charge in [-0.3, -0.25) is 19.2 Å². The molecule has 0 saturated carbocycles. The summed E-state index contributed by atoms with van der Waals surface area (Å²) in [6.45, 7) is 0.589. The van der Waals surface area contributed by atoms with Crippen LogP contribution in [0.5, 0.6) is 0 Å². The molecule has 0 bridgehead atoms. The summed E-state index contributed by atoms with van der Waals surface area (Å²) in [7, 11) is 1.60. The average molecular weight is 660 g/mol. The van der Waals surface area contributed by atoms with Crippen LogP contribution in [0.3, 0.4) is 0 Å². The van der Waals surface area contributed by atoms with Crippen LogP contribution in [-0.4, -0.2) is 70.8 Å². The number of ketones is 3. The molecule has 218 valence electrons. The van der Waals surface area contributed by atoms with Crippen molar-refractivity contribution in [3.05, 3.63) is 105 Å². The van der Waals surface area contributed by atoms with E-state index in [2.05, 4.69) is 15.9 Å². The number of Topliss-reactive ketones (excluding diaryl/α,β-unsaturated/α-hetero) is 3. The molecule has 0 aromatic heterocycles. The van der Waals surface area contributed by atoms with Gasteiger partial charge >= 0.3 is 23.1 Å². The summed E-state index contributed by atoms with van der Waals surface area (Å²) >= 11 is 2.93. The van der Waals surface area contributed by atoms with E-state index in [0.29, 0.717) is 53.8 Å². The molecular weight excluding hydrogens is 635 g/mol. The van der Waals surface area contributed by atoms with Crippen LogP contribution in [0.1, 0.15) is 37.4 Å². The van der Waals surface area contributed by atoms with E-state index < -0.39 is 75.3 Å². The molecule has 4 rings (SSSR count). The van der Waals surface area contributed by atoms with Crippen molar-refractivity contribution in [1.82, 2.24) is 4.90 Å². The van der Waals surface area contributed by atoms with Crippen LogP contribution in [0.25, 0.3) is 0 Å². The van der Waals surface area contributed by atoms with Crippen molar-refractivity contribution in [2.45, 2.75) is 19.9 Å². The van der Waals surface area contributed by atoms with Gasteiger partial charge in [-0.05, 0) is 42.8 Å². The van der Waals surface area contributed by atoms with Gasteiger partial charge in [-0.1, -0.05) is 23.4 Å². The molecule has 6 nitrogen and oxygen atoms in total. The second-order valence-electron chi connectivity index (χ2n) is 8.05. The van der Waals surface area contributed by atoms with Crippen molar-refractivity contribution in [2.24, 2.45) is 5.73 Å². The molecule has 1 amide bonds. The molecule has 3 aromatic carbocycles. The van der Waals surface area contributed by atoms with Crippen LogP contribution in [0.4, 0.5) is 26.3 Å². The normalized spacial score (nSPS) is 13.9. The molecule has 1 heterocycles. The van der Waals surface area contributed by atoms with Crippen molar-refractivity contribution in [3.8, 4) is 0 Å². The molecule has 3 aromatic rings. The molecule has 41 heavy (non-hydrogen) atoms. The molecule has 14 heteroatoms. The maximum Gasteiger partial charge on any atom is 2.00 e. The Morgan fingerprint density at radius 3 is 1.37 bits per heavy atom. The van der Waals surface area contributed by atoms with Gasteiger partial charge in [0, 0.05) is 47.4 Å². The third-order valence-corrected chi connectivity index (χ3v) is 5.41. The summed E-state index contributed by atoms with van der Waals surface area (Å²) in [6.07, 6.45) is 0.584. The predicted molar refractivity (Wildman–Crippen MR) is 145 cm³/mol. The quantitative estimate of drug-likeness (QED) is 0.179. The van der Waals surface area contributed by atoms with E-state index in [1.54, 1.807) is 7.05 Å². The Balaban J connectivity index is -0.000000592. The predicted octanol–water partition coefficient (Wildman–Crippen LogP) is 5.26. The Bertz CT molecular complexity index is 1270. The summed E-state index contributed by atoms with van der Waals surface area (Å²) < 4.78 is 76.6. The molecule has 2 N–H and O–H groups in total. The minimum absolute atomic E-state index is 0. The van der Waals surface area contributed by atoms with E-state index in [1.165, 1.54) is 17.0 Å². The van der Waals surface area contributed by atoms with E-state index in [4.69, 9.17) is 5.73 Å². The standard InChI is InChI=1S/C14H6F4O2.C6H3BrF2.C6H10N2O2.CH4.Mg.2H/c15-9-1-7(2-10(16)5-9)13(19)14(20)8-3-11(17)6-12(18)4-8;7-4-1-5(8)3-6(9)2-4;1-8-3-2-4(7)5(9)6(8)10;;;;/h1-6H;1-3H;4H,2-3,7H2,1H3;1H4;;;/q;;;;+2;2*-1. The number of hydrogen-bond acceptors (Lipinski definition) is 5. The Morgan fingerprint density at radius 1 is 0.756 bits per heavy atom. The fourth-order valence-electron chi connectivity index (χ4n) is 3.06. The number of rotatable bonds is 3. The minimum Gasteiger partial charge on any atom is -1.00 e. The number of benzene rings is 3. The maximum atomic E-state index is 13.0. The first kappa shape index (κ1) is 37.9. The van der Waals surface area contributed by atoms with E-state index in [1.807, 2.05) is 0 Å². The second kappa shape index (κ2) is 17.0. The summed E-state index contributed by atoms with van der Waals surface area (Å²) in [5, 5.41) is 0. The zero-order valence-electron chi connectivity index (χ0n) is 22.7. The first-order valence-electron chi connectivity index (χ1n) is 10.9. The van der Waals surface area contributed by atoms with Crippen molar-refractivity contribution >= 4 is 62.2 Å². The number of likely N-dealkylation sites (tertiary alicyclic amines) is 1. The summed E-state index contributed by atoms with van der Waals surface area (Å²) in [6, 6.07) is 6.38. The SMILES string of the molecule is C.CN1CCC(N)C(=O)C1=O.Fc1cc(F)cc(Br)c1.O=C(C(=O)c1cc(F)cc(F)c1)c1cc(F)cc(F)c1.[H-].[H-].[Mg+2]. The molecule has 0 spiro atoms. The topological polar surface area (TPSA) is 97.5 Å². The fraction of sp³-hybridized carbons (Fsp3) is 0.185. The van der Waals surface area contributed by atoms with E-state index in [9.17, 15) is 45.5 Å². The van der Waals surface area contributed by atoms with Crippen LogP contribution in [0.15, 0.2) is 59.1 Å². The number of hydrogen-bond donors (Lipinski definition) is 1. The minimum atomic E-state index is -1.26. The van der Waals surface area contributed by atoms with Gasteiger partial charge in [-0.2, -0.15) is 0 Å². The van der Waals surface area contributed by atoms with Gasteiger partial charge in [-0.15, -0.1) is 0 Å². The van der Waals surface area contributed by atoms with Crippen LogP contribution in [0.2, 0.25) is 0 Å². The first-order valence-corrected chi connectivity index (χ1v) is 11.6. The van der Waals surface area contributed by atoms with Crippen LogP contribution in [0, 0.1) is 34.9 Å². The Kier molecular flexibility index (Phi) is 15.7. The van der Waals surface area contributed by atoms with Crippen LogP contribution in [-0.2, 0) is 9.59 Å². The monoisotopic (exact) mass is 658 g/mol. The molecule has 0 radical (unpaired) electrons. The van der Waals surface area contributed by atoms with Crippen molar-refractivity contribution in [1.29, 1.82) is 0 Å². The smallest absolute Gasteiger partial charge is 1.00 e. The molecular formula is C27H25BrF6MgN2O4. The zero-order chi connectivity index (χ0) is 29.4. The molecule has 1 fully saturated rings. The largest absolute Gasteiger partial charge is 2.00 e. The molecule has 1 saturated heterocycles.